The molecule has 0 saturated carbocycles. The zero-order valence-electron chi connectivity index (χ0n) is 17.0. The van der Waals surface area contributed by atoms with E-state index in [4.69, 9.17) is 0 Å². The molecule has 7 nitrogen and oxygen atoms in total. The lowest BCUT2D eigenvalue weighted by Crippen LogP contribution is -2.22. The van der Waals surface area contributed by atoms with Gasteiger partial charge in [-0.05, 0) is 60.7 Å². The quantitative estimate of drug-likeness (QED) is 0.432. The summed E-state index contributed by atoms with van der Waals surface area (Å²) in [7, 11) is 0. The molecule has 3 aromatic heterocycles. The van der Waals surface area contributed by atoms with Crippen LogP contribution in [-0.4, -0.2) is 28.7 Å². The first-order valence-corrected chi connectivity index (χ1v) is 10.2. The fraction of sp³-hybridized carbons (Fsp3) is 0. The molecule has 154 valence electrons. The smallest absolute Gasteiger partial charge is 0.260 e. The highest BCUT2D eigenvalue weighted by atomic mass is 16.1. The molecule has 0 unspecified atom stereocenters. The monoisotopic (exact) mass is 418 g/mol. The van der Waals surface area contributed by atoms with E-state index in [0.29, 0.717) is 0 Å². The van der Waals surface area contributed by atoms with Gasteiger partial charge < -0.3 is 0 Å². The van der Waals surface area contributed by atoms with E-state index >= 15 is 0 Å². The lowest BCUT2D eigenvalue weighted by atomic mass is 10.2. The second kappa shape index (κ2) is 7.24. The number of benzene rings is 3. The molecule has 0 aliphatic rings. The zero-order chi connectivity index (χ0) is 21.5. The van der Waals surface area contributed by atoms with Crippen molar-refractivity contribution in [2.45, 2.75) is 0 Å². The maximum Gasteiger partial charge on any atom is 0.338 e. The minimum atomic E-state index is -0.138. The Balaban J connectivity index is 1.65. The molecule has 0 spiro atoms. The van der Waals surface area contributed by atoms with Crippen molar-refractivity contribution < 1.29 is 0 Å². The minimum Gasteiger partial charge on any atom is -0.260 e. The molecule has 3 heterocycles. The van der Waals surface area contributed by atoms with Crippen molar-refractivity contribution >= 4 is 11.0 Å². The van der Waals surface area contributed by atoms with E-state index < -0.39 is 0 Å². The van der Waals surface area contributed by atoms with Crippen LogP contribution in [0.15, 0.2) is 115 Å². The van der Waals surface area contributed by atoms with Gasteiger partial charge in [0.2, 0.25) is 0 Å². The molecule has 32 heavy (non-hydrogen) atoms. The fourth-order valence-electron chi connectivity index (χ4n) is 4.02. The van der Waals surface area contributed by atoms with Gasteiger partial charge in [-0.2, -0.15) is 10.2 Å². The van der Waals surface area contributed by atoms with Crippen LogP contribution in [0.5, 0.6) is 0 Å². The van der Waals surface area contributed by atoms with Crippen LogP contribution in [0, 0.1) is 0 Å². The van der Waals surface area contributed by atoms with E-state index in [1.807, 2.05) is 97.3 Å². The van der Waals surface area contributed by atoms with Crippen molar-refractivity contribution in [2.75, 3.05) is 0 Å². The van der Waals surface area contributed by atoms with Crippen LogP contribution in [0.2, 0.25) is 0 Å². The first-order valence-electron chi connectivity index (χ1n) is 10.2. The number of hydrogen-bond acceptors (Lipinski definition) is 3. The third-order valence-electron chi connectivity index (χ3n) is 5.46. The number of aromatic nitrogens is 6. The van der Waals surface area contributed by atoms with Crippen LogP contribution >= 0.6 is 0 Å². The Hall–Kier alpha value is -4.65. The van der Waals surface area contributed by atoms with Gasteiger partial charge in [0.25, 0.3) is 0 Å². The third-order valence-corrected chi connectivity index (χ3v) is 5.46. The predicted octanol–water partition coefficient (Wildman–Crippen LogP) is 4.15. The van der Waals surface area contributed by atoms with Crippen LogP contribution in [0.4, 0.5) is 0 Å². The van der Waals surface area contributed by atoms with Crippen molar-refractivity contribution in [2.24, 2.45) is 0 Å². The van der Waals surface area contributed by atoms with Gasteiger partial charge in [0, 0.05) is 24.8 Å². The van der Waals surface area contributed by atoms with Crippen molar-refractivity contribution in [1.29, 1.82) is 0 Å². The number of rotatable bonds is 4. The molecule has 0 aliphatic carbocycles. The summed E-state index contributed by atoms with van der Waals surface area (Å²) in [6.45, 7) is 0. The van der Waals surface area contributed by atoms with Crippen LogP contribution in [-0.2, 0) is 0 Å². The Morgan fingerprint density at radius 3 is 1.84 bits per heavy atom. The zero-order valence-corrected chi connectivity index (χ0v) is 17.0. The summed E-state index contributed by atoms with van der Waals surface area (Å²) >= 11 is 0. The van der Waals surface area contributed by atoms with Gasteiger partial charge in [0.05, 0.1) is 33.8 Å². The van der Waals surface area contributed by atoms with Gasteiger partial charge in [-0.15, -0.1) is 0 Å². The van der Waals surface area contributed by atoms with Crippen molar-refractivity contribution in [3.8, 4) is 22.7 Å². The second-order valence-electron chi connectivity index (χ2n) is 7.38. The van der Waals surface area contributed by atoms with Crippen LogP contribution in [0.3, 0.4) is 0 Å². The van der Waals surface area contributed by atoms with E-state index in [1.54, 1.807) is 30.9 Å². The average Bonchev–Trinajstić information content (AvgIpc) is 3.59. The third kappa shape index (κ3) is 2.87. The normalized spacial score (nSPS) is 11.2. The summed E-state index contributed by atoms with van der Waals surface area (Å²) in [4.78, 5) is 13.8. The maximum atomic E-state index is 13.8. The topological polar surface area (TPSA) is 62.6 Å². The van der Waals surface area contributed by atoms with Crippen LogP contribution in [0.25, 0.3) is 33.8 Å². The fourth-order valence-corrected chi connectivity index (χ4v) is 4.02. The first-order chi connectivity index (χ1) is 15.8. The number of imidazole rings is 1. The van der Waals surface area contributed by atoms with Gasteiger partial charge in [-0.3, -0.25) is 9.13 Å². The van der Waals surface area contributed by atoms with E-state index in [-0.39, 0.29) is 5.69 Å². The summed E-state index contributed by atoms with van der Waals surface area (Å²) in [5.74, 6) is 0. The Kier molecular flexibility index (Phi) is 4.11. The molecular weight excluding hydrogens is 400 g/mol. The Labute approximate surface area is 183 Å². The van der Waals surface area contributed by atoms with Crippen LogP contribution in [0.1, 0.15) is 0 Å². The van der Waals surface area contributed by atoms with Gasteiger partial charge in [0.15, 0.2) is 0 Å². The highest BCUT2D eigenvalue weighted by Crippen LogP contribution is 2.24. The van der Waals surface area contributed by atoms with Crippen LogP contribution < -0.4 is 5.69 Å². The van der Waals surface area contributed by atoms with E-state index in [9.17, 15) is 4.79 Å². The molecule has 6 rings (SSSR count). The van der Waals surface area contributed by atoms with Crippen molar-refractivity contribution in [3.05, 3.63) is 120 Å². The molecule has 0 radical (unpaired) electrons. The SMILES string of the molecule is O=c1n(-c2ccccc2)c2ccc(-n3cccn3)cc2n1-c1cccc(-n2cccn2)c1. The standard InChI is InChI=1S/C25H18N6O/c32-25-30(19-7-2-1-3-8-19)23-12-11-21(29-16-6-14-27-29)18-24(23)31(25)22-10-4-9-20(17-22)28-15-5-13-26-28/h1-18H. The molecule has 6 aromatic rings. The van der Waals surface area contributed by atoms with Gasteiger partial charge in [0.1, 0.15) is 0 Å². The molecule has 7 heteroatoms. The average molecular weight is 418 g/mol. The van der Waals surface area contributed by atoms with Crippen molar-refractivity contribution in [3.63, 3.8) is 0 Å². The number of hydrogen-bond donors (Lipinski definition) is 0. The summed E-state index contributed by atoms with van der Waals surface area (Å²) in [5, 5.41) is 8.66. The summed E-state index contributed by atoms with van der Waals surface area (Å²) in [6.07, 6.45) is 7.23. The predicted molar refractivity (Wildman–Crippen MR) is 123 cm³/mol. The molecule has 3 aromatic carbocycles. The highest BCUT2D eigenvalue weighted by Gasteiger charge is 2.17. The highest BCUT2D eigenvalue weighted by molar-refractivity contribution is 5.82. The first kappa shape index (κ1) is 18.1. The van der Waals surface area contributed by atoms with Gasteiger partial charge in [-0.1, -0.05) is 24.3 Å². The molecule has 0 fully saturated rings. The number of nitrogens with zero attached hydrogens (tertiary/aromatic N) is 6. The van der Waals surface area contributed by atoms with E-state index in [2.05, 4.69) is 10.2 Å². The summed E-state index contributed by atoms with van der Waals surface area (Å²) in [5.41, 5.74) is 4.82. The van der Waals surface area contributed by atoms with Crippen molar-refractivity contribution in [1.82, 2.24) is 28.7 Å². The van der Waals surface area contributed by atoms with Gasteiger partial charge >= 0.3 is 5.69 Å². The Morgan fingerprint density at radius 2 is 1.16 bits per heavy atom. The molecule has 0 amide bonds. The molecule has 0 saturated heterocycles. The molecule has 0 aliphatic heterocycles. The van der Waals surface area contributed by atoms with E-state index in [1.165, 1.54) is 0 Å². The van der Waals surface area contributed by atoms with E-state index in [0.717, 1.165) is 33.8 Å². The van der Waals surface area contributed by atoms with Gasteiger partial charge in [-0.25, -0.2) is 14.2 Å². The lowest BCUT2D eigenvalue weighted by Gasteiger charge is -2.08. The minimum absolute atomic E-state index is 0.138. The second-order valence-corrected chi connectivity index (χ2v) is 7.38. The Bertz CT molecular complexity index is 1580. The summed E-state index contributed by atoms with van der Waals surface area (Å²) in [6, 6.07) is 27.1. The molecule has 0 bridgehead atoms. The summed E-state index contributed by atoms with van der Waals surface area (Å²) < 4.78 is 7.04. The lowest BCUT2D eigenvalue weighted by molar-refractivity contribution is 0.873. The number of fused-ring (bicyclic) bond motifs is 1. The molecular formula is C25H18N6O. The molecule has 0 atom stereocenters. The number of para-hydroxylation sites is 1. The Morgan fingerprint density at radius 1 is 0.531 bits per heavy atom. The largest absolute Gasteiger partial charge is 0.338 e. The molecule has 0 N–H and O–H groups in total. The maximum absolute atomic E-state index is 13.8.